The van der Waals surface area contributed by atoms with Crippen molar-refractivity contribution < 1.29 is 14.3 Å². The van der Waals surface area contributed by atoms with Gasteiger partial charge in [0.1, 0.15) is 12.4 Å². The second-order valence-electron chi connectivity index (χ2n) is 1.69. The summed E-state index contributed by atoms with van der Waals surface area (Å²) in [5.74, 6) is 0. The topological polar surface area (TPSA) is 35.5 Å². The van der Waals surface area contributed by atoms with Crippen molar-refractivity contribution in [3.63, 3.8) is 0 Å². The third-order valence-electron chi connectivity index (χ3n) is 1.06. The van der Waals surface area contributed by atoms with Crippen LogP contribution in [-0.2, 0) is 14.3 Å². The lowest BCUT2D eigenvalue weighted by Gasteiger charge is -2.05. The van der Waals surface area contributed by atoms with Crippen LogP contribution in [0.4, 0.5) is 0 Å². The molecule has 0 aromatic carbocycles. The quantitative estimate of drug-likeness (QED) is 0.502. The van der Waals surface area contributed by atoms with Crippen molar-refractivity contribution in [2.45, 2.75) is 12.5 Å². The van der Waals surface area contributed by atoms with E-state index < -0.39 is 0 Å². The SMILES string of the molecule is COCCC(C=O)OC. The molecule has 0 saturated heterocycles. The second kappa shape index (κ2) is 5.72. The van der Waals surface area contributed by atoms with Crippen molar-refractivity contribution in [2.24, 2.45) is 0 Å². The van der Waals surface area contributed by atoms with E-state index in [1.165, 1.54) is 7.11 Å². The lowest BCUT2D eigenvalue weighted by atomic mass is 10.3. The summed E-state index contributed by atoms with van der Waals surface area (Å²) in [6, 6.07) is 0. The van der Waals surface area contributed by atoms with Gasteiger partial charge in [0, 0.05) is 27.2 Å². The van der Waals surface area contributed by atoms with Gasteiger partial charge in [-0.2, -0.15) is 0 Å². The smallest absolute Gasteiger partial charge is 0.148 e. The molecule has 1 unspecified atom stereocenters. The molecule has 0 aliphatic rings. The van der Waals surface area contributed by atoms with Gasteiger partial charge in [-0.25, -0.2) is 0 Å². The Morgan fingerprint density at radius 1 is 1.56 bits per heavy atom. The molecule has 0 bridgehead atoms. The summed E-state index contributed by atoms with van der Waals surface area (Å²) >= 11 is 0. The summed E-state index contributed by atoms with van der Waals surface area (Å²) < 4.78 is 9.49. The van der Waals surface area contributed by atoms with Gasteiger partial charge in [0.05, 0.1) is 0 Å². The van der Waals surface area contributed by atoms with E-state index in [2.05, 4.69) is 0 Å². The van der Waals surface area contributed by atoms with Crippen LogP contribution in [0.1, 0.15) is 6.42 Å². The van der Waals surface area contributed by atoms with Gasteiger partial charge in [-0.1, -0.05) is 0 Å². The molecule has 0 aliphatic carbocycles. The van der Waals surface area contributed by atoms with Gasteiger partial charge in [-0.05, 0) is 0 Å². The van der Waals surface area contributed by atoms with Gasteiger partial charge < -0.3 is 14.3 Å². The van der Waals surface area contributed by atoms with Crippen molar-refractivity contribution in [1.82, 2.24) is 0 Å². The van der Waals surface area contributed by atoms with Crippen molar-refractivity contribution in [3.8, 4) is 0 Å². The fourth-order valence-electron chi connectivity index (χ4n) is 0.475. The fraction of sp³-hybridized carbons (Fsp3) is 0.833. The Morgan fingerprint density at radius 3 is 2.56 bits per heavy atom. The molecular formula is C6H12O3. The summed E-state index contributed by atoms with van der Waals surface area (Å²) in [6.07, 6.45) is 1.11. The Hall–Kier alpha value is -0.410. The molecule has 0 heterocycles. The largest absolute Gasteiger partial charge is 0.385 e. The third kappa shape index (κ3) is 4.12. The number of carbonyl (C=O) groups is 1. The minimum absolute atomic E-state index is 0.301. The van der Waals surface area contributed by atoms with E-state index >= 15 is 0 Å². The minimum Gasteiger partial charge on any atom is -0.385 e. The van der Waals surface area contributed by atoms with Crippen molar-refractivity contribution in [2.75, 3.05) is 20.8 Å². The Balaban J connectivity index is 3.20. The van der Waals surface area contributed by atoms with E-state index in [9.17, 15) is 4.79 Å². The average molecular weight is 132 g/mol. The first-order chi connectivity index (χ1) is 4.35. The Morgan fingerprint density at radius 2 is 2.22 bits per heavy atom. The van der Waals surface area contributed by atoms with E-state index in [4.69, 9.17) is 9.47 Å². The summed E-state index contributed by atoms with van der Waals surface area (Å²) in [7, 11) is 3.10. The monoisotopic (exact) mass is 132 g/mol. The molecular weight excluding hydrogens is 120 g/mol. The van der Waals surface area contributed by atoms with Gasteiger partial charge in [0.25, 0.3) is 0 Å². The molecule has 0 fully saturated rings. The lowest BCUT2D eigenvalue weighted by molar-refractivity contribution is -0.117. The number of ether oxygens (including phenoxy) is 2. The van der Waals surface area contributed by atoms with Crippen molar-refractivity contribution in [3.05, 3.63) is 0 Å². The van der Waals surface area contributed by atoms with E-state index in [1.54, 1.807) is 7.11 Å². The van der Waals surface area contributed by atoms with Crippen LogP contribution in [0.5, 0.6) is 0 Å². The van der Waals surface area contributed by atoms with E-state index in [0.29, 0.717) is 13.0 Å². The molecule has 0 aliphatic heterocycles. The summed E-state index contributed by atoms with van der Waals surface area (Å²) in [5.41, 5.74) is 0. The average Bonchev–Trinajstić information content (AvgIpc) is 1.91. The van der Waals surface area contributed by atoms with Crippen LogP contribution in [0, 0.1) is 0 Å². The maximum atomic E-state index is 10.1. The van der Waals surface area contributed by atoms with Crippen LogP contribution in [0.25, 0.3) is 0 Å². The normalized spacial score (nSPS) is 13.1. The molecule has 0 saturated carbocycles. The Kier molecular flexibility index (Phi) is 5.46. The number of aldehydes is 1. The molecule has 0 aromatic heterocycles. The second-order valence-corrected chi connectivity index (χ2v) is 1.69. The van der Waals surface area contributed by atoms with Gasteiger partial charge in [0.15, 0.2) is 0 Å². The van der Waals surface area contributed by atoms with Crippen LogP contribution >= 0.6 is 0 Å². The van der Waals surface area contributed by atoms with Crippen molar-refractivity contribution >= 4 is 6.29 Å². The molecule has 0 spiro atoms. The Bertz CT molecular complexity index is 72.7. The first kappa shape index (κ1) is 8.59. The molecule has 9 heavy (non-hydrogen) atoms. The Labute approximate surface area is 55.0 Å². The number of rotatable bonds is 5. The first-order valence-electron chi connectivity index (χ1n) is 2.82. The lowest BCUT2D eigenvalue weighted by Crippen LogP contribution is -2.14. The molecule has 0 aromatic rings. The molecule has 3 nitrogen and oxygen atoms in total. The highest BCUT2D eigenvalue weighted by molar-refractivity contribution is 5.55. The number of hydrogen-bond acceptors (Lipinski definition) is 3. The van der Waals surface area contributed by atoms with Gasteiger partial charge >= 0.3 is 0 Å². The predicted molar refractivity (Wildman–Crippen MR) is 33.4 cm³/mol. The molecule has 0 radical (unpaired) electrons. The number of methoxy groups -OCH3 is 2. The van der Waals surface area contributed by atoms with Crippen LogP contribution in [0.2, 0.25) is 0 Å². The zero-order valence-electron chi connectivity index (χ0n) is 5.79. The van der Waals surface area contributed by atoms with Crippen molar-refractivity contribution in [1.29, 1.82) is 0 Å². The third-order valence-corrected chi connectivity index (χ3v) is 1.06. The molecule has 3 heteroatoms. The molecule has 0 amide bonds. The highest BCUT2D eigenvalue weighted by atomic mass is 16.5. The molecule has 1 atom stereocenters. The summed E-state index contributed by atoms with van der Waals surface area (Å²) in [5, 5.41) is 0. The summed E-state index contributed by atoms with van der Waals surface area (Å²) in [4.78, 5) is 10.1. The van der Waals surface area contributed by atoms with Crippen LogP contribution in [0.3, 0.4) is 0 Å². The summed E-state index contributed by atoms with van der Waals surface area (Å²) in [6.45, 7) is 0.567. The standard InChI is InChI=1S/C6H12O3/c1-8-4-3-6(5-7)9-2/h5-6H,3-4H2,1-2H3. The zero-order chi connectivity index (χ0) is 7.11. The zero-order valence-corrected chi connectivity index (χ0v) is 5.79. The maximum Gasteiger partial charge on any atom is 0.148 e. The molecule has 54 valence electrons. The minimum atomic E-state index is -0.301. The maximum absolute atomic E-state index is 10.1. The van der Waals surface area contributed by atoms with Crippen LogP contribution in [0.15, 0.2) is 0 Å². The van der Waals surface area contributed by atoms with E-state index in [-0.39, 0.29) is 6.10 Å². The van der Waals surface area contributed by atoms with Gasteiger partial charge in [-0.15, -0.1) is 0 Å². The van der Waals surface area contributed by atoms with Crippen LogP contribution < -0.4 is 0 Å². The van der Waals surface area contributed by atoms with Gasteiger partial charge in [-0.3, -0.25) is 0 Å². The predicted octanol–water partition coefficient (Wildman–Crippen LogP) is 0.237. The number of carbonyl (C=O) groups excluding carboxylic acids is 1. The molecule has 0 rings (SSSR count). The van der Waals surface area contributed by atoms with Gasteiger partial charge in [0.2, 0.25) is 0 Å². The highest BCUT2D eigenvalue weighted by Gasteiger charge is 2.02. The highest BCUT2D eigenvalue weighted by Crippen LogP contribution is 1.91. The molecule has 0 N–H and O–H groups in total. The first-order valence-corrected chi connectivity index (χ1v) is 2.82. The van der Waals surface area contributed by atoms with E-state index in [0.717, 1.165) is 6.29 Å². The number of hydrogen-bond donors (Lipinski definition) is 0. The van der Waals surface area contributed by atoms with Crippen LogP contribution in [-0.4, -0.2) is 33.2 Å². The fourth-order valence-corrected chi connectivity index (χ4v) is 0.475. The van der Waals surface area contributed by atoms with E-state index in [1.807, 2.05) is 0 Å².